The van der Waals surface area contributed by atoms with Crippen LogP contribution < -0.4 is 5.32 Å². The summed E-state index contributed by atoms with van der Waals surface area (Å²) in [5.41, 5.74) is 3.31. The minimum atomic E-state index is -0.140. The van der Waals surface area contributed by atoms with Gasteiger partial charge in [0.15, 0.2) is 0 Å². The summed E-state index contributed by atoms with van der Waals surface area (Å²) in [6.07, 6.45) is 5.33. The van der Waals surface area contributed by atoms with E-state index in [4.69, 9.17) is 4.74 Å². The zero-order chi connectivity index (χ0) is 16.1. The highest BCUT2D eigenvalue weighted by Crippen LogP contribution is 2.15. The van der Waals surface area contributed by atoms with E-state index in [1.54, 1.807) is 25.7 Å². The second-order valence-corrected chi connectivity index (χ2v) is 5.10. The van der Waals surface area contributed by atoms with Crippen LogP contribution >= 0.6 is 0 Å². The van der Waals surface area contributed by atoms with E-state index >= 15 is 0 Å². The number of rotatable bonds is 5. The van der Waals surface area contributed by atoms with Crippen molar-refractivity contribution in [3.05, 3.63) is 78.4 Å². The summed E-state index contributed by atoms with van der Waals surface area (Å²) >= 11 is 0. The number of methoxy groups -OCH3 is 1. The fourth-order valence-corrected chi connectivity index (χ4v) is 2.30. The average molecular weight is 307 g/mol. The monoisotopic (exact) mass is 307 g/mol. The Morgan fingerprint density at radius 3 is 2.74 bits per heavy atom. The van der Waals surface area contributed by atoms with E-state index in [0.29, 0.717) is 12.2 Å². The number of nitrogens with zero attached hydrogens (tertiary/aromatic N) is 2. The Bertz CT molecular complexity index is 780. The predicted octanol–water partition coefficient (Wildman–Crippen LogP) is 3.27. The summed E-state index contributed by atoms with van der Waals surface area (Å²) in [6, 6.07) is 15.0. The number of carbonyl (C=O) groups excluding carboxylic acids is 1. The normalized spacial score (nSPS) is 10.5. The molecule has 5 heteroatoms. The van der Waals surface area contributed by atoms with Crippen molar-refractivity contribution in [1.82, 2.24) is 9.55 Å². The molecule has 0 atom stereocenters. The van der Waals surface area contributed by atoms with Crippen molar-refractivity contribution in [1.29, 1.82) is 0 Å². The average Bonchev–Trinajstić information content (AvgIpc) is 3.11. The Kier molecular flexibility index (Phi) is 4.49. The van der Waals surface area contributed by atoms with E-state index in [0.717, 1.165) is 16.9 Å². The van der Waals surface area contributed by atoms with Crippen LogP contribution in [0.25, 0.3) is 5.69 Å². The number of imidazole rings is 1. The van der Waals surface area contributed by atoms with Crippen LogP contribution in [0.4, 0.5) is 5.69 Å². The van der Waals surface area contributed by atoms with Crippen molar-refractivity contribution in [2.75, 3.05) is 12.4 Å². The smallest absolute Gasteiger partial charge is 0.255 e. The van der Waals surface area contributed by atoms with Crippen LogP contribution in [-0.2, 0) is 11.3 Å². The molecule has 0 saturated carbocycles. The summed E-state index contributed by atoms with van der Waals surface area (Å²) in [7, 11) is 1.63. The molecule has 0 fully saturated rings. The number of aromatic nitrogens is 2. The summed E-state index contributed by atoms with van der Waals surface area (Å²) in [6.45, 7) is 0.487. The number of nitrogens with one attached hydrogen (secondary N) is 1. The van der Waals surface area contributed by atoms with E-state index in [1.807, 2.05) is 53.2 Å². The molecule has 23 heavy (non-hydrogen) atoms. The molecule has 0 spiro atoms. The third-order valence-corrected chi connectivity index (χ3v) is 3.43. The number of amides is 1. The van der Waals surface area contributed by atoms with Gasteiger partial charge in [-0.25, -0.2) is 4.98 Å². The first-order chi connectivity index (χ1) is 11.3. The molecule has 0 aliphatic rings. The molecule has 2 aromatic carbocycles. The van der Waals surface area contributed by atoms with Gasteiger partial charge in [-0.05, 0) is 42.0 Å². The highest BCUT2D eigenvalue weighted by molar-refractivity contribution is 6.04. The number of hydrogen-bond acceptors (Lipinski definition) is 3. The molecule has 1 heterocycles. The van der Waals surface area contributed by atoms with Crippen LogP contribution in [0.1, 0.15) is 15.9 Å². The zero-order valence-electron chi connectivity index (χ0n) is 12.8. The fraction of sp³-hybridized carbons (Fsp3) is 0.111. The van der Waals surface area contributed by atoms with E-state index in [9.17, 15) is 4.79 Å². The summed E-state index contributed by atoms with van der Waals surface area (Å²) < 4.78 is 6.99. The van der Waals surface area contributed by atoms with Gasteiger partial charge in [0, 0.05) is 36.4 Å². The Morgan fingerprint density at radius 1 is 1.22 bits per heavy atom. The Balaban J connectivity index is 1.71. The SMILES string of the molecule is COCc1cccc(C(=O)Nc2ccc(-n3ccnc3)cc2)c1. The Hall–Kier alpha value is -2.92. The topological polar surface area (TPSA) is 56.1 Å². The predicted molar refractivity (Wildman–Crippen MR) is 88.7 cm³/mol. The van der Waals surface area contributed by atoms with E-state index < -0.39 is 0 Å². The lowest BCUT2D eigenvalue weighted by Crippen LogP contribution is -2.12. The van der Waals surface area contributed by atoms with Gasteiger partial charge in [0.25, 0.3) is 5.91 Å². The molecular formula is C18H17N3O2. The van der Waals surface area contributed by atoms with E-state index in [-0.39, 0.29) is 5.91 Å². The molecular weight excluding hydrogens is 290 g/mol. The molecule has 0 aliphatic heterocycles. The molecule has 5 nitrogen and oxygen atoms in total. The fourth-order valence-electron chi connectivity index (χ4n) is 2.30. The van der Waals surface area contributed by atoms with Crippen molar-refractivity contribution < 1.29 is 9.53 Å². The standard InChI is InChI=1S/C18H17N3O2/c1-23-12-14-3-2-4-15(11-14)18(22)20-16-5-7-17(8-6-16)21-10-9-19-13-21/h2-11,13H,12H2,1H3,(H,20,22). The van der Waals surface area contributed by atoms with Gasteiger partial charge in [0.2, 0.25) is 0 Å². The summed E-state index contributed by atoms with van der Waals surface area (Å²) in [4.78, 5) is 16.3. The molecule has 0 bridgehead atoms. The van der Waals surface area contributed by atoms with E-state index in [1.165, 1.54) is 0 Å². The maximum absolute atomic E-state index is 12.3. The number of hydrogen-bond donors (Lipinski definition) is 1. The molecule has 1 N–H and O–H groups in total. The largest absolute Gasteiger partial charge is 0.380 e. The van der Waals surface area contributed by atoms with Gasteiger partial charge >= 0.3 is 0 Å². The van der Waals surface area contributed by atoms with Crippen LogP contribution in [0, 0.1) is 0 Å². The highest BCUT2D eigenvalue weighted by Gasteiger charge is 2.07. The second-order valence-electron chi connectivity index (χ2n) is 5.10. The molecule has 0 radical (unpaired) electrons. The van der Waals surface area contributed by atoms with Gasteiger partial charge in [-0.2, -0.15) is 0 Å². The first-order valence-electron chi connectivity index (χ1n) is 7.24. The summed E-state index contributed by atoms with van der Waals surface area (Å²) in [5.74, 6) is -0.140. The van der Waals surface area contributed by atoms with Gasteiger partial charge in [-0.1, -0.05) is 12.1 Å². The first-order valence-corrected chi connectivity index (χ1v) is 7.24. The molecule has 1 aromatic heterocycles. The van der Waals surface area contributed by atoms with Crippen molar-refractivity contribution >= 4 is 11.6 Å². The van der Waals surface area contributed by atoms with Gasteiger partial charge in [0.05, 0.1) is 12.9 Å². The van der Waals surface area contributed by atoms with Gasteiger partial charge < -0.3 is 14.6 Å². The van der Waals surface area contributed by atoms with Crippen LogP contribution in [0.2, 0.25) is 0 Å². The third-order valence-electron chi connectivity index (χ3n) is 3.43. The first kappa shape index (κ1) is 15.0. The highest BCUT2D eigenvalue weighted by atomic mass is 16.5. The zero-order valence-corrected chi connectivity index (χ0v) is 12.8. The molecule has 3 aromatic rings. The van der Waals surface area contributed by atoms with Crippen molar-refractivity contribution in [3.8, 4) is 5.69 Å². The lowest BCUT2D eigenvalue weighted by Gasteiger charge is -2.08. The van der Waals surface area contributed by atoms with Gasteiger partial charge in [-0.15, -0.1) is 0 Å². The van der Waals surface area contributed by atoms with Gasteiger partial charge in [0.1, 0.15) is 0 Å². The lowest BCUT2D eigenvalue weighted by atomic mass is 10.1. The molecule has 0 unspecified atom stereocenters. The minimum absolute atomic E-state index is 0.140. The minimum Gasteiger partial charge on any atom is -0.380 e. The lowest BCUT2D eigenvalue weighted by molar-refractivity contribution is 0.102. The molecule has 0 aliphatic carbocycles. The van der Waals surface area contributed by atoms with E-state index in [2.05, 4.69) is 10.3 Å². The molecule has 116 valence electrons. The third kappa shape index (κ3) is 3.64. The Labute approximate surface area is 134 Å². The summed E-state index contributed by atoms with van der Waals surface area (Å²) in [5, 5.41) is 2.90. The van der Waals surface area contributed by atoms with Crippen molar-refractivity contribution in [3.63, 3.8) is 0 Å². The number of carbonyl (C=O) groups is 1. The van der Waals surface area contributed by atoms with Crippen LogP contribution in [0.5, 0.6) is 0 Å². The molecule has 3 rings (SSSR count). The van der Waals surface area contributed by atoms with Crippen molar-refractivity contribution in [2.45, 2.75) is 6.61 Å². The Morgan fingerprint density at radius 2 is 2.04 bits per heavy atom. The molecule has 1 amide bonds. The number of benzene rings is 2. The maximum Gasteiger partial charge on any atom is 0.255 e. The maximum atomic E-state index is 12.3. The van der Waals surface area contributed by atoms with Crippen LogP contribution in [0.3, 0.4) is 0 Å². The number of ether oxygens (including phenoxy) is 1. The van der Waals surface area contributed by atoms with Gasteiger partial charge in [-0.3, -0.25) is 4.79 Å². The van der Waals surface area contributed by atoms with Crippen molar-refractivity contribution in [2.24, 2.45) is 0 Å². The van der Waals surface area contributed by atoms with Crippen LogP contribution in [0.15, 0.2) is 67.3 Å². The second kappa shape index (κ2) is 6.89. The molecule has 0 saturated heterocycles. The van der Waals surface area contributed by atoms with Crippen LogP contribution in [-0.4, -0.2) is 22.6 Å². The quantitative estimate of drug-likeness (QED) is 0.787. The number of anilines is 1.